The van der Waals surface area contributed by atoms with E-state index < -0.39 is 0 Å². The molecule has 1 aliphatic rings. The Kier molecular flexibility index (Phi) is 5.92. The molecule has 0 radical (unpaired) electrons. The Hall–Kier alpha value is -0.610. The first-order valence-electron chi connectivity index (χ1n) is 6.68. The lowest BCUT2D eigenvalue weighted by atomic mass is 9.80. The summed E-state index contributed by atoms with van der Waals surface area (Å²) < 4.78 is 0. The average molecular weight is 242 g/mol. The van der Waals surface area contributed by atoms with Crippen molar-refractivity contribution in [2.24, 2.45) is 11.3 Å². The summed E-state index contributed by atoms with van der Waals surface area (Å²) in [7, 11) is 0. The van der Waals surface area contributed by atoms with Crippen LogP contribution in [0.4, 0.5) is 0 Å². The van der Waals surface area contributed by atoms with Crippen molar-refractivity contribution < 1.29 is 9.90 Å². The molecule has 0 aliphatic carbocycles. The van der Waals surface area contributed by atoms with Crippen LogP contribution in [-0.4, -0.2) is 37.3 Å². The van der Waals surface area contributed by atoms with Gasteiger partial charge >= 0.3 is 0 Å². The Balaban J connectivity index is 2.20. The van der Waals surface area contributed by atoms with Gasteiger partial charge in [-0.3, -0.25) is 4.79 Å². The third kappa shape index (κ3) is 4.64. The summed E-state index contributed by atoms with van der Waals surface area (Å²) in [6.45, 7) is 6.91. The maximum absolute atomic E-state index is 12.0. The molecule has 0 aromatic rings. The van der Waals surface area contributed by atoms with E-state index in [4.69, 9.17) is 5.11 Å². The molecule has 1 fully saturated rings. The Morgan fingerprint density at radius 3 is 2.71 bits per heavy atom. The second kappa shape index (κ2) is 6.97. The zero-order chi connectivity index (χ0) is 12.7. The fourth-order valence-electron chi connectivity index (χ4n) is 2.16. The fourth-order valence-corrected chi connectivity index (χ4v) is 2.16. The molecule has 1 amide bonds. The van der Waals surface area contributed by atoms with Gasteiger partial charge in [-0.05, 0) is 44.7 Å². The molecule has 0 aromatic carbocycles. The van der Waals surface area contributed by atoms with Gasteiger partial charge in [0.1, 0.15) is 0 Å². The summed E-state index contributed by atoms with van der Waals surface area (Å²) in [5.74, 6) is 0.525. The van der Waals surface area contributed by atoms with Crippen LogP contribution in [0.3, 0.4) is 0 Å². The van der Waals surface area contributed by atoms with Crippen LogP contribution >= 0.6 is 0 Å². The molecule has 4 nitrogen and oxygen atoms in total. The Labute approximate surface area is 104 Å². The number of nitrogens with one attached hydrogen (secondary N) is 2. The average Bonchev–Trinajstić information content (AvgIpc) is 2.34. The van der Waals surface area contributed by atoms with Crippen molar-refractivity contribution in [3.05, 3.63) is 0 Å². The Morgan fingerprint density at radius 2 is 2.12 bits per heavy atom. The molecule has 1 rings (SSSR count). The zero-order valence-corrected chi connectivity index (χ0v) is 11.1. The molecule has 100 valence electrons. The van der Waals surface area contributed by atoms with E-state index in [1.165, 1.54) is 0 Å². The van der Waals surface area contributed by atoms with Gasteiger partial charge in [-0.15, -0.1) is 0 Å². The number of piperidine rings is 1. The molecule has 1 aliphatic heterocycles. The number of aliphatic hydroxyl groups excluding tert-OH is 1. The quantitative estimate of drug-likeness (QED) is 0.607. The first kappa shape index (κ1) is 14.5. The molecule has 0 aromatic heterocycles. The number of hydrogen-bond donors (Lipinski definition) is 3. The summed E-state index contributed by atoms with van der Waals surface area (Å²) in [6, 6.07) is 0. The van der Waals surface area contributed by atoms with E-state index in [1.54, 1.807) is 0 Å². The largest absolute Gasteiger partial charge is 0.396 e. The molecule has 1 saturated heterocycles. The lowest BCUT2D eigenvalue weighted by molar-refractivity contribution is -0.131. The van der Waals surface area contributed by atoms with Gasteiger partial charge < -0.3 is 15.7 Å². The van der Waals surface area contributed by atoms with Crippen LogP contribution < -0.4 is 10.6 Å². The maximum atomic E-state index is 12.0. The van der Waals surface area contributed by atoms with Crippen LogP contribution in [-0.2, 0) is 4.79 Å². The van der Waals surface area contributed by atoms with Gasteiger partial charge in [0.25, 0.3) is 0 Å². The maximum Gasteiger partial charge on any atom is 0.226 e. The van der Waals surface area contributed by atoms with Gasteiger partial charge in [0, 0.05) is 18.6 Å². The molecule has 17 heavy (non-hydrogen) atoms. The van der Waals surface area contributed by atoms with Crippen molar-refractivity contribution in [2.75, 3.05) is 26.2 Å². The van der Waals surface area contributed by atoms with Gasteiger partial charge in [0.2, 0.25) is 5.91 Å². The molecule has 0 saturated carbocycles. The number of amides is 1. The van der Waals surface area contributed by atoms with Crippen molar-refractivity contribution in [2.45, 2.75) is 39.5 Å². The van der Waals surface area contributed by atoms with E-state index >= 15 is 0 Å². The van der Waals surface area contributed by atoms with Crippen molar-refractivity contribution in [1.82, 2.24) is 10.6 Å². The van der Waals surface area contributed by atoms with Crippen LogP contribution in [0.5, 0.6) is 0 Å². The third-order valence-corrected chi connectivity index (χ3v) is 3.73. The molecule has 4 heteroatoms. The number of carbonyl (C=O) groups excluding carboxylic acids is 1. The highest BCUT2D eigenvalue weighted by Gasteiger charge is 2.33. The standard InChI is InChI=1S/C13H26N2O2/c1-11(10-16)4-3-7-15-12(17)13(2)5-8-14-9-6-13/h11,14,16H,3-10H2,1-2H3,(H,15,17). The molecule has 1 atom stereocenters. The Bertz CT molecular complexity index is 238. The van der Waals surface area contributed by atoms with Gasteiger partial charge in [-0.1, -0.05) is 13.8 Å². The van der Waals surface area contributed by atoms with Crippen molar-refractivity contribution >= 4 is 5.91 Å². The highest BCUT2D eigenvalue weighted by atomic mass is 16.3. The van der Waals surface area contributed by atoms with Gasteiger partial charge in [-0.25, -0.2) is 0 Å². The highest BCUT2D eigenvalue weighted by Crippen LogP contribution is 2.27. The molecule has 1 heterocycles. The minimum atomic E-state index is -0.187. The van der Waals surface area contributed by atoms with Gasteiger partial charge in [0.15, 0.2) is 0 Å². The van der Waals surface area contributed by atoms with E-state index in [-0.39, 0.29) is 17.9 Å². The number of hydrogen-bond acceptors (Lipinski definition) is 3. The minimum absolute atomic E-state index is 0.187. The molecule has 3 N–H and O–H groups in total. The summed E-state index contributed by atoms with van der Waals surface area (Å²) in [5.41, 5.74) is -0.187. The Morgan fingerprint density at radius 1 is 1.47 bits per heavy atom. The van der Waals surface area contributed by atoms with Gasteiger partial charge in [0.05, 0.1) is 0 Å². The first-order valence-corrected chi connectivity index (χ1v) is 6.68. The smallest absolute Gasteiger partial charge is 0.226 e. The topological polar surface area (TPSA) is 61.4 Å². The van der Waals surface area contributed by atoms with E-state index in [0.717, 1.165) is 45.3 Å². The summed E-state index contributed by atoms with van der Waals surface area (Å²) in [6.07, 6.45) is 3.76. The van der Waals surface area contributed by atoms with Crippen molar-refractivity contribution in [3.8, 4) is 0 Å². The van der Waals surface area contributed by atoms with E-state index in [1.807, 2.05) is 6.92 Å². The predicted molar refractivity (Wildman–Crippen MR) is 68.7 cm³/mol. The third-order valence-electron chi connectivity index (χ3n) is 3.73. The van der Waals surface area contributed by atoms with Crippen LogP contribution in [0.1, 0.15) is 39.5 Å². The van der Waals surface area contributed by atoms with Gasteiger partial charge in [-0.2, -0.15) is 0 Å². The summed E-state index contributed by atoms with van der Waals surface area (Å²) >= 11 is 0. The summed E-state index contributed by atoms with van der Waals surface area (Å²) in [5, 5.41) is 15.2. The molecule has 0 bridgehead atoms. The van der Waals surface area contributed by atoms with E-state index in [9.17, 15) is 4.79 Å². The first-order chi connectivity index (χ1) is 8.08. The number of carbonyl (C=O) groups is 1. The van der Waals surface area contributed by atoms with Crippen LogP contribution in [0.25, 0.3) is 0 Å². The monoisotopic (exact) mass is 242 g/mol. The minimum Gasteiger partial charge on any atom is -0.396 e. The SMILES string of the molecule is CC(CO)CCCNC(=O)C1(C)CCNCC1. The highest BCUT2D eigenvalue weighted by molar-refractivity contribution is 5.82. The molecule has 0 spiro atoms. The second-order valence-corrected chi connectivity index (χ2v) is 5.50. The fraction of sp³-hybridized carbons (Fsp3) is 0.923. The molecular formula is C13H26N2O2. The molecule has 1 unspecified atom stereocenters. The lowest BCUT2D eigenvalue weighted by Gasteiger charge is -2.32. The lowest BCUT2D eigenvalue weighted by Crippen LogP contribution is -2.46. The summed E-state index contributed by atoms with van der Waals surface area (Å²) in [4.78, 5) is 12.0. The van der Waals surface area contributed by atoms with Crippen molar-refractivity contribution in [1.29, 1.82) is 0 Å². The van der Waals surface area contributed by atoms with Crippen LogP contribution in [0.15, 0.2) is 0 Å². The molecular weight excluding hydrogens is 216 g/mol. The van der Waals surface area contributed by atoms with E-state index in [0.29, 0.717) is 5.92 Å². The van der Waals surface area contributed by atoms with Crippen LogP contribution in [0.2, 0.25) is 0 Å². The number of aliphatic hydroxyl groups is 1. The second-order valence-electron chi connectivity index (χ2n) is 5.50. The normalized spacial score (nSPS) is 20.9. The van der Waals surface area contributed by atoms with Crippen LogP contribution in [0, 0.1) is 11.3 Å². The number of rotatable bonds is 6. The van der Waals surface area contributed by atoms with E-state index in [2.05, 4.69) is 17.6 Å². The predicted octanol–water partition coefficient (Wildman–Crippen LogP) is 0.901. The van der Waals surface area contributed by atoms with Crippen molar-refractivity contribution in [3.63, 3.8) is 0 Å². The zero-order valence-electron chi connectivity index (χ0n) is 11.1.